The zero-order valence-corrected chi connectivity index (χ0v) is 10.8. The Balaban J connectivity index is 2.29. The fraction of sp³-hybridized carbons (Fsp3) is 0.583. The minimum Gasteiger partial charge on any atom is -0.393 e. The van der Waals surface area contributed by atoms with Gasteiger partial charge in [0.2, 0.25) is 0 Å². The first kappa shape index (κ1) is 13.2. The summed E-state index contributed by atoms with van der Waals surface area (Å²) in [5, 5.41) is 14.5. The van der Waals surface area contributed by atoms with Crippen molar-refractivity contribution in [2.45, 2.75) is 33.3 Å². The third-order valence-electron chi connectivity index (χ3n) is 2.45. The van der Waals surface area contributed by atoms with Gasteiger partial charge in [-0.05, 0) is 23.3 Å². The molecular formula is C12H19NO2S. The van der Waals surface area contributed by atoms with Crippen LogP contribution in [-0.4, -0.2) is 23.7 Å². The van der Waals surface area contributed by atoms with E-state index < -0.39 is 6.10 Å². The van der Waals surface area contributed by atoms with Crippen molar-refractivity contribution in [3.8, 4) is 0 Å². The standard InChI is InChI=1S/C12H19NO2S/c1-12(2,3)10(14)6-7-13-11(15)9-5-4-8-16-9/h4-5,8,10,14H,6-7H2,1-3H3,(H,13,15)/t10-/m0/s1. The number of carbonyl (C=O) groups is 1. The van der Waals surface area contributed by atoms with Gasteiger partial charge in [0.25, 0.3) is 5.91 Å². The van der Waals surface area contributed by atoms with E-state index >= 15 is 0 Å². The van der Waals surface area contributed by atoms with Crippen LogP contribution in [0.1, 0.15) is 36.9 Å². The Morgan fingerprint density at radius 1 is 1.56 bits per heavy atom. The first-order valence-corrected chi connectivity index (χ1v) is 6.29. The van der Waals surface area contributed by atoms with Crippen molar-refractivity contribution in [3.63, 3.8) is 0 Å². The van der Waals surface area contributed by atoms with E-state index in [1.165, 1.54) is 11.3 Å². The lowest BCUT2D eigenvalue weighted by Crippen LogP contribution is -2.32. The highest BCUT2D eigenvalue weighted by Crippen LogP contribution is 2.21. The maximum atomic E-state index is 11.6. The summed E-state index contributed by atoms with van der Waals surface area (Å²) < 4.78 is 0. The smallest absolute Gasteiger partial charge is 0.261 e. The number of amides is 1. The molecule has 1 heterocycles. The number of nitrogens with one attached hydrogen (secondary N) is 1. The summed E-state index contributed by atoms with van der Waals surface area (Å²) in [5.41, 5.74) is -0.131. The highest BCUT2D eigenvalue weighted by Gasteiger charge is 2.21. The van der Waals surface area contributed by atoms with E-state index in [2.05, 4.69) is 5.32 Å². The van der Waals surface area contributed by atoms with Crippen molar-refractivity contribution >= 4 is 17.2 Å². The second kappa shape index (κ2) is 5.46. The number of aliphatic hydroxyl groups excluding tert-OH is 1. The summed E-state index contributed by atoms with van der Waals surface area (Å²) in [4.78, 5) is 12.3. The van der Waals surface area contributed by atoms with E-state index in [9.17, 15) is 9.90 Å². The molecule has 0 radical (unpaired) electrons. The summed E-state index contributed by atoms with van der Waals surface area (Å²) >= 11 is 1.42. The lowest BCUT2D eigenvalue weighted by atomic mass is 9.87. The lowest BCUT2D eigenvalue weighted by molar-refractivity contribution is 0.0551. The van der Waals surface area contributed by atoms with Gasteiger partial charge in [-0.25, -0.2) is 0 Å². The monoisotopic (exact) mass is 241 g/mol. The van der Waals surface area contributed by atoms with Gasteiger partial charge in [-0.2, -0.15) is 0 Å². The molecule has 0 spiro atoms. The van der Waals surface area contributed by atoms with Crippen LogP contribution >= 0.6 is 11.3 Å². The molecule has 1 aromatic heterocycles. The average molecular weight is 241 g/mol. The summed E-state index contributed by atoms with van der Waals surface area (Å²) in [7, 11) is 0. The molecule has 0 fully saturated rings. The highest BCUT2D eigenvalue weighted by molar-refractivity contribution is 7.12. The summed E-state index contributed by atoms with van der Waals surface area (Å²) in [6.45, 7) is 6.46. The summed E-state index contributed by atoms with van der Waals surface area (Å²) in [5.74, 6) is -0.0592. The predicted molar refractivity (Wildman–Crippen MR) is 66.7 cm³/mol. The third kappa shape index (κ3) is 3.94. The van der Waals surface area contributed by atoms with Gasteiger partial charge in [-0.1, -0.05) is 26.8 Å². The van der Waals surface area contributed by atoms with Crippen LogP contribution in [0, 0.1) is 5.41 Å². The van der Waals surface area contributed by atoms with E-state index in [0.717, 1.165) is 0 Å². The van der Waals surface area contributed by atoms with Gasteiger partial charge in [-0.15, -0.1) is 11.3 Å². The quantitative estimate of drug-likeness (QED) is 0.849. The number of thiophene rings is 1. The average Bonchev–Trinajstić information content (AvgIpc) is 2.68. The molecule has 0 saturated heterocycles. The van der Waals surface area contributed by atoms with Crippen LogP contribution in [0.3, 0.4) is 0 Å². The van der Waals surface area contributed by atoms with Gasteiger partial charge in [0.05, 0.1) is 11.0 Å². The van der Waals surface area contributed by atoms with Crippen LogP contribution in [0.2, 0.25) is 0 Å². The van der Waals surface area contributed by atoms with Crippen molar-refractivity contribution in [1.29, 1.82) is 0 Å². The molecule has 3 nitrogen and oxygen atoms in total. The van der Waals surface area contributed by atoms with E-state index in [-0.39, 0.29) is 11.3 Å². The molecule has 0 unspecified atom stereocenters. The second-order valence-electron chi connectivity index (χ2n) is 4.90. The van der Waals surface area contributed by atoms with Crippen LogP contribution in [0.15, 0.2) is 17.5 Å². The largest absolute Gasteiger partial charge is 0.393 e. The number of carbonyl (C=O) groups excluding carboxylic acids is 1. The van der Waals surface area contributed by atoms with Gasteiger partial charge < -0.3 is 10.4 Å². The zero-order chi connectivity index (χ0) is 12.2. The lowest BCUT2D eigenvalue weighted by Gasteiger charge is -2.25. The number of aliphatic hydroxyl groups is 1. The minimum atomic E-state index is -0.392. The van der Waals surface area contributed by atoms with Crippen molar-refractivity contribution in [3.05, 3.63) is 22.4 Å². The van der Waals surface area contributed by atoms with E-state index in [0.29, 0.717) is 17.8 Å². The molecule has 1 aromatic rings. The molecule has 1 rings (SSSR count). The molecule has 4 heteroatoms. The Morgan fingerprint density at radius 2 is 2.25 bits per heavy atom. The van der Waals surface area contributed by atoms with Gasteiger partial charge in [0, 0.05) is 6.54 Å². The Kier molecular flexibility index (Phi) is 4.50. The van der Waals surface area contributed by atoms with Crippen LogP contribution in [0.4, 0.5) is 0 Å². The van der Waals surface area contributed by atoms with Gasteiger partial charge in [0.1, 0.15) is 0 Å². The molecule has 1 atom stereocenters. The Morgan fingerprint density at radius 3 is 2.75 bits per heavy atom. The second-order valence-corrected chi connectivity index (χ2v) is 5.85. The number of rotatable bonds is 4. The molecule has 2 N–H and O–H groups in total. The van der Waals surface area contributed by atoms with Crippen LogP contribution < -0.4 is 5.32 Å². The molecule has 0 aliphatic rings. The third-order valence-corrected chi connectivity index (χ3v) is 3.32. The van der Waals surface area contributed by atoms with Crippen LogP contribution in [-0.2, 0) is 0 Å². The zero-order valence-electron chi connectivity index (χ0n) is 9.99. The molecule has 0 saturated carbocycles. The van der Waals surface area contributed by atoms with E-state index in [4.69, 9.17) is 0 Å². The molecular weight excluding hydrogens is 222 g/mol. The summed E-state index contributed by atoms with van der Waals surface area (Å²) in [6.07, 6.45) is 0.191. The molecule has 90 valence electrons. The van der Waals surface area contributed by atoms with Gasteiger partial charge in [0.15, 0.2) is 0 Å². The minimum absolute atomic E-state index is 0.0592. The molecule has 1 amide bonds. The maximum absolute atomic E-state index is 11.6. The van der Waals surface area contributed by atoms with Crippen molar-refractivity contribution in [1.82, 2.24) is 5.32 Å². The number of hydrogen-bond acceptors (Lipinski definition) is 3. The maximum Gasteiger partial charge on any atom is 0.261 e. The summed E-state index contributed by atoms with van der Waals surface area (Å²) in [6, 6.07) is 3.64. The fourth-order valence-corrected chi connectivity index (χ4v) is 1.89. The highest BCUT2D eigenvalue weighted by atomic mass is 32.1. The van der Waals surface area contributed by atoms with Crippen molar-refractivity contribution in [2.24, 2.45) is 5.41 Å². The van der Waals surface area contributed by atoms with Gasteiger partial charge >= 0.3 is 0 Å². The van der Waals surface area contributed by atoms with Crippen LogP contribution in [0.5, 0.6) is 0 Å². The Hall–Kier alpha value is -0.870. The van der Waals surface area contributed by atoms with E-state index in [1.807, 2.05) is 32.2 Å². The molecule has 0 aliphatic carbocycles. The van der Waals surface area contributed by atoms with Crippen LogP contribution in [0.25, 0.3) is 0 Å². The van der Waals surface area contributed by atoms with E-state index in [1.54, 1.807) is 6.07 Å². The first-order chi connectivity index (χ1) is 7.41. The number of hydrogen-bond donors (Lipinski definition) is 2. The fourth-order valence-electron chi connectivity index (χ4n) is 1.25. The Labute approximate surface area is 100 Å². The molecule has 0 bridgehead atoms. The molecule has 16 heavy (non-hydrogen) atoms. The topological polar surface area (TPSA) is 49.3 Å². The van der Waals surface area contributed by atoms with Crippen molar-refractivity contribution < 1.29 is 9.90 Å². The Bertz CT molecular complexity index is 327. The molecule has 0 aliphatic heterocycles. The molecule has 0 aromatic carbocycles. The SMILES string of the molecule is CC(C)(C)[C@@H](O)CCNC(=O)c1cccs1. The predicted octanol–water partition coefficient (Wildman–Crippen LogP) is 2.28. The van der Waals surface area contributed by atoms with Crippen molar-refractivity contribution in [2.75, 3.05) is 6.54 Å². The first-order valence-electron chi connectivity index (χ1n) is 5.41. The normalized spacial score (nSPS) is 13.5. The van der Waals surface area contributed by atoms with Gasteiger partial charge in [-0.3, -0.25) is 4.79 Å².